The Morgan fingerprint density at radius 3 is 2.79 bits per heavy atom. The van der Waals surface area contributed by atoms with Crippen molar-refractivity contribution in [2.45, 2.75) is 37.5 Å². The highest BCUT2D eigenvalue weighted by Gasteiger charge is 2.27. The van der Waals surface area contributed by atoms with Gasteiger partial charge in [-0.15, -0.1) is 0 Å². The van der Waals surface area contributed by atoms with Crippen molar-refractivity contribution in [1.29, 1.82) is 0 Å². The minimum Gasteiger partial charge on any atom is -0.352 e. The molecule has 82 valence electrons. The fourth-order valence-corrected chi connectivity index (χ4v) is 2.18. The van der Waals surface area contributed by atoms with Gasteiger partial charge in [-0.05, 0) is 32.7 Å². The summed E-state index contributed by atoms with van der Waals surface area (Å²) in [5, 5.41) is 2.45. The van der Waals surface area contributed by atoms with E-state index >= 15 is 0 Å². The zero-order valence-corrected chi connectivity index (χ0v) is 9.31. The predicted octanol–water partition coefficient (Wildman–Crippen LogP) is -0.249. The molecule has 2 unspecified atom stereocenters. The number of rotatable bonds is 6. The van der Waals surface area contributed by atoms with Gasteiger partial charge in [0, 0.05) is 22.6 Å². The molecule has 0 aromatic heterocycles. The average Bonchev–Trinajstić information content (AvgIpc) is 2.96. The van der Waals surface area contributed by atoms with E-state index in [1.165, 1.54) is 0 Å². The van der Waals surface area contributed by atoms with Crippen LogP contribution >= 0.6 is 0 Å². The van der Waals surface area contributed by atoms with Crippen molar-refractivity contribution in [2.75, 3.05) is 12.3 Å². The second kappa shape index (κ2) is 5.46. The lowest BCUT2D eigenvalue weighted by Gasteiger charge is -2.10. The molecule has 1 aliphatic rings. The van der Waals surface area contributed by atoms with Crippen molar-refractivity contribution < 1.29 is 9.00 Å². The number of carbonyl (C=O) groups excluding carboxylic acids is 1. The SMILES string of the molecule is CC(C(=O)NC1CC1)S(=O)CCCN. The van der Waals surface area contributed by atoms with Crippen LogP contribution in [0.2, 0.25) is 0 Å². The summed E-state index contributed by atoms with van der Waals surface area (Å²) < 4.78 is 11.5. The summed E-state index contributed by atoms with van der Waals surface area (Å²) in [5.74, 6) is 0.443. The number of carbonyl (C=O) groups is 1. The molecule has 1 saturated carbocycles. The summed E-state index contributed by atoms with van der Waals surface area (Å²) in [6.07, 6.45) is 2.84. The van der Waals surface area contributed by atoms with Gasteiger partial charge in [0.15, 0.2) is 0 Å². The van der Waals surface area contributed by atoms with Crippen LogP contribution in [0.5, 0.6) is 0 Å². The van der Waals surface area contributed by atoms with E-state index in [9.17, 15) is 9.00 Å². The Balaban J connectivity index is 2.26. The monoisotopic (exact) mass is 218 g/mol. The van der Waals surface area contributed by atoms with Crippen molar-refractivity contribution in [3.8, 4) is 0 Å². The molecule has 1 aliphatic carbocycles. The van der Waals surface area contributed by atoms with Gasteiger partial charge < -0.3 is 11.1 Å². The van der Waals surface area contributed by atoms with Crippen LogP contribution in [-0.2, 0) is 15.6 Å². The fourth-order valence-electron chi connectivity index (χ4n) is 1.07. The van der Waals surface area contributed by atoms with Crippen molar-refractivity contribution in [3.05, 3.63) is 0 Å². The molecule has 0 saturated heterocycles. The second-order valence-corrected chi connectivity index (χ2v) is 5.53. The van der Waals surface area contributed by atoms with Gasteiger partial charge in [-0.1, -0.05) is 0 Å². The minimum atomic E-state index is -1.08. The van der Waals surface area contributed by atoms with E-state index < -0.39 is 16.0 Å². The van der Waals surface area contributed by atoms with Crippen LogP contribution in [0, 0.1) is 0 Å². The first-order valence-corrected chi connectivity index (χ1v) is 6.41. The highest BCUT2D eigenvalue weighted by Crippen LogP contribution is 2.19. The summed E-state index contributed by atoms with van der Waals surface area (Å²) in [6.45, 7) is 2.24. The standard InChI is InChI=1S/C9H18N2O2S/c1-7(14(13)6-2-5-10)9(12)11-8-3-4-8/h7-8H,2-6,10H2,1H3,(H,11,12). The first-order chi connectivity index (χ1) is 6.65. The molecule has 0 bridgehead atoms. The molecule has 2 atom stereocenters. The lowest BCUT2D eigenvalue weighted by atomic mass is 10.4. The maximum atomic E-state index is 11.5. The summed E-state index contributed by atoms with van der Waals surface area (Å²) in [6, 6.07) is 0.344. The molecule has 5 heteroatoms. The molecule has 0 radical (unpaired) electrons. The lowest BCUT2D eigenvalue weighted by Crippen LogP contribution is -2.37. The molecule has 4 nitrogen and oxygen atoms in total. The van der Waals surface area contributed by atoms with Crippen molar-refractivity contribution in [2.24, 2.45) is 5.73 Å². The first kappa shape index (κ1) is 11.7. The molecule has 0 aromatic carbocycles. The van der Waals surface area contributed by atoms with Gasteiger partial charge in [-0.2, -0.15) is 0 Å². The molecule has 1 rings (SSSR count). The Morgan fingerprint density at radius 2 is 2.29 bits per heavy atom. The zero-order valence-electron chi connectivity index (χ0n) is 8.49. The molecule has 3 N–H and O–H groups in total. The van der Waals surface area contributed by atoms with Gasteiger partial charge in [0.05, 0.1) is 0 Å². The van der Waals surface area contributed by atoms with E-state index in [4.69, 9.17) is 5.73 Å². The first-order valence-electron chi connectivity index (χ1n) is 5.02. The van der Waals surface area contributed by atoms with Gasteiger partial charge in [-0.3, -0.25) is 9.00 Å². The number of hydrogen-bond donors (Lipinski definition) is 2. The van der Waals surface area contributed by atoms with Crippen LogP contribution in [-0.4, -0.2) is 33.7 Å². The lowest BCUT2D eigenvalue weighted by molar-refractivity contribution is -0.120. The Kier molecular flexibility index (Phi) is 4.54. The normalized spacial score (nSPS) is 20.1. The van der Waals surface area contributed by atoms with Gasteiger partial charge in [0.2, 0.25) is 5.91 Å². The smallest absolute Gasteiger partial charge is 0.235 e. The van der Waals surface area contributed by atoms with Gasteiger partial charge in [-0.25, -0.2) is 0 Å². The Bertz CT molecular complexity index is 229. The molecule has 0 aromatic rings. The number of nitrogens with one attached hydrogen (secondary N) is 1. The largest absolute Gasteiger partial charge is 0.352 e. The summed E-state index contributed by atoms with van der Waals surface area (Å²) >= 11 is 0. The quantitative estimate of drug-likeness (QED) is 0.646. The summed E-state index contributed by atoms with van der Waals surface area (Å²) in [5.41, 5.74) is 5.31. The number of amides is 1. The van der Waals surface area contributed by atoms with Crippen molar-refractivity contribution >= 4 is 16.7 Å². The Labute approximate surface area is 87.1 Å². The third-order valence-corrected chi connectivity index (χ3v) is 3.93. The van der Waals surface area contributed by atoms with Crippen LogP contribution in [0.15, 0.2) is 0 Å². The third-order valence-electron chi connectivity index (χ3n) is 2.24. The van der Waals surface area contributed by atoms with Crippen LogP contribution < -0.4 is 11.1 Å². The maximum Gasteiger partial charge on any atom is 0.235 e. The van der Waals surface area contributed by atoms with Crippen LogP contribution in [0.3, 0.4) is 0 Å². The number of hydrogen-bond acceptors (Lipinski definition) is 3. The molecular weight excluding hydrogens is 200 g/mol. The van der Waals surface area contributed by atoms with E-state index in [-0.39, 0.29) is 5.91 Å². The average molecular weight is 218 g/mol. The molecular formula is C9H18N2O2S. The van der Waals surface area contributed by atoms with E-state index in [2.05, 4.69) is 5.32 Å². The van der Waals surface area contributed by atoms with E-state index in [0.717, 1.165) is 12.8 Å². The van der Waals surface area contributed by atoms with Crippen molar-refractivity contribution in [1.82, 2.24) is 5.32 Å². The highest BCUT2D eigenvalue weighted by atomic mass is 32.2. The van der Waals surface area contributed by atoms with Crippen molar-refractivity contribution in [3.63, 3.8) is 0 Å². The van der Waals surface area contributed by atoms with Gasteiger partial charge >= 0.3 is 0 Å². The van der Waals surface area contributed by atoms with E-state index in [0.29, 0.717) is 24.8 Å². The zero-order chi connectivity index (χ0) is 10.6. The topological polar surface area (TPSA) is 72.2 Å². The van der Waals surface area contributed by atoms with Crippen LogP contribution in [0.25, 0.3) is 0 Å². The maximum absolute atomic E-state index is 11.5. The summed E-state index contributed by atoms with van der Waals surface area (Å²) in [7, 11) is -1.08. The van der Waals surface area contributed by atoms with Gasteiger partial charge in [0.1, 0.15) is 5.25 Å². The molecule has 0 spiro atoms. The molecule has 0 aliphatic heterocycles. The Hall–Kier alpha value is -0.420. The number of nitrogens with two attached hydrogens (primary N) is 1. The predicted molar refractivity (Wildman–Crippen MR) is 57.3 cm³/mol. The van der Waals surface area contributed by atoms with E-state index in [1.807, 2.05) is 0 Å². The van der Waals surface area contributed by atoms with Gasteiger partial charge in [0.25, 0.3) is 0 Å². The third kappa shape index (κ3) is 3.75. The molecule has 1 amide bonds. The second-order valence-electron chi connectivity index (χ2n) is 3.65. The minimum absolute atomic E-state index is 0.0807. The fraction of sp³-hybridized carbons (Fsp3) is 0.889. The molecule has 0 heterocycles. The van der Waals surface area contributed by atoms with E-state index in [1.54, 1.807) is 6.92 Å². The highest BCUT2D eigenvalue weighted by molar-refractivity contribution is 7.86. The summed E-state index contributed by atoms with van der Waals surface area (Å²) in [4.78, 5) is 11.5. The van der Waals surface area contributed by atoms with Crippen LogP contribution in [0.1, 0.15) is 26.2 Å². The molecule has 14 heavy (non-hydrogen) atoms. The Morgan fingerprint density at radius 1 is 1.64 bits per heavy atom. The van der Waals surface area contributed by atoms with Crippen LogP contribution in [0.4, 0.5) is 0 Å². The molecule has 1 fully saturated rings.